The van der Waals surface area contributed by atoms with Gasteiger partial charge < -0.3 is 15.2 Å². The van der Waals surface area contributed by atoms with E-state index in [1.54, 1.807) is 42.2 Å². The highest BCUT2D eigenvalue weighted by Gasteiger charge is 2.14. The molecule has 0 aliphatic heterocycles. The Labute approximate surface area is 183 Å². The van der Waals surface area contributed by atoms with Gasteiger partial charge in [-0.05, 0) is 37.3 Å². The van der Waals surface area contributed by atoms with Crippen LogP contribution in [-0.4, -0.2) is 19.5 Å². The monoisotopic (exact) mass is 431 g/mol. The van der Waals surface area contributed by atoms with Gasteiger partial charge in [0.2, 0.25) is 0 Å². The van der Waals surface area contributed by atoms with E-state index in [0.29, 0.717) is 17.2 Å². The van der Waals surface area contributed by atoms with Crippen LogP contribution >= 0.6 is 11.6 Å². The lowest BCUT2D eigenvalue weighted by atomic mass is 10.1. The van der Waals surface area contributed by atoms with E-state index in [0.717, 1.165) is 16.6 Å². The van der Waals surface area contributed by atoms with Gasteiger partial charge in [-0.2, -0.15) is 5.26 Å². The number of anilines is 3. The Hall–Kier alpha value is -3.96. The second kappa shape index (κ2) is 8.42. The molecule has 2 N–H and O–H groups in total. The fourth-order valence-corrected chi connectivity index (χ4v) is 3.47. The van der Waals surface area contributed by atoms with Crippen LogP contribution in [0.5, 0.6) is 0 Å². The molecule has 9 heteroatoms. The number of hydrogen-bond acceptors (Lipinski definition) is 7. The van der Waals surface area contributed by atoms with Gasteiger partial charge in [-0.1, -0.05) is 11.6 Å². The van der Waals surface area contributed by atoms with E-state index in [-0.39, 0.29) is 22.3 Å². The van der Waals surface area contributed by atoms with Crippen molar-refractivity contribution >= 4 is 39.6 Å². The molecule has 0 bridgehead atoms. The maximum Gasteiger partial charge on any atom is 0.252 e. The summed E-state index contributed by atoms with van der Waals surface area (Å²) in [6.07, 6.45) is 4.88. The number of aryl methyl sites for hydroxylation is 1. The highest BCUT2D eigenvalue weighted by molar-refractivity contribution is 6.34. The summed E-state index contributed by atoms with van der Waals surface area (Å²) in [4.78, 5) is 25.0. The fraction of sp³-hybridized carbons (Fsp3) is 0.136. The normalized spacial score (nSPS) is 11.7. The van der Waals surface area contributed by atoms with E-state index in [9.17, 15) is 4.79 Å². The van der Waals surface area contributed by atoms with Crippen molar-refractivity contribution in [2.75, 3.05) is 10.6 Å². The maximum absolute atomic E-state index is 12.5. The summed E-state index contributed by atoms with van der Waals surface area (Å²) in [6, 6.07) is 12.4. The average Bonchev–Trinajstić information content (AvgIpc) is 2.79. The van der Waals surface area contributed by atoms with Crippen molar-refractivity contribution in [2.45, 2.75) is 13.0 Å². The average molecular weight is 432 g/mol. The molecule has 0 amide bonds. The molecule has 154 valence electrons. The lowest BCUT2D eigenvalue weighted by molar-refractivity contribution is 0.788. The Morgan fingerprint density at radius 3 is 2.61 bits per heavy atom. The SMILES string of the molecule is CC(Nc1cc(=O)n(C)c2ccc(Nc3ccnc(C#N)c3Cl)cc12)c1ncccn1. The molecule has 0 aliphatic carbocycles. The van der Waals surface area contributed by atoms with Crippen molar-refractivity contribution < 1.29 is 0 Å². The molecule has 1 atom stereocenters. The molecule has 1 unspecified atom stereocenters. The van der Waals surface area contributed by atoms with Crippen LogP contribution in [0.1, 0.15) is 24.5 Å². The quantitative estimate of drug-likeness (QED) is 0.488. The molecule has 0 saturated carbocycles. The first kappa shape index (κ1) is 20.3. The predicted octanol–water partition coefficient (Wildman–Crippen LogP) is 4.17. The zero-order valence-corrected chi connectivity index (χ0v) is 17.6. The molecule has 8 nitrogen and oxygen atoms in total. The van der Waals surface area contributed by atoms with Gasteiger partial charge in [0.1, 0.15) is 16.9 Å². The van der Waals surface area contributed by atoms with Gasteiger partial charge in [0, 0.05) is 48.5 Å². The molecule has 3 aromatic heterocycles. The Bertz CT molecular complexity index is 1360. The molecular formula is C22H18ClN7O. The highest BCUT2D eigenvalue weighted by atomic mass is 35.5. The smallest absolute Gasteiger partial charge is 0.252 e. The second-order valence-electron chi connectivity index (χ2n) is 6.92. The molecular weight excluding hydrogens is 414 g/mol. The van der Waals surface area contributed by atoms with Gasteiger partial charge >= 0.3 is 0 Å². The number of pyridine rings is 2. The number of nitrogens with one attached hydrogen (secondary N) is 2. The minimum atomic E-state index is -0.207. The van der Waals surface area contributed by atoms with Gasteiger partial charge in [-0.3, -0.25) is 4.79 Å². The third-order valence-electron chi connectivity index (χ3n) is 4.87. The Morgan fingerprint density at radius 1 is 1.10 bits per heavy atom. The van der Waals surface area contributed by atoms with Crippen LogP contribution in [0.15, 0.2) is 59.8 Å². The lowest BCUT2D eigenvalue weighted by Crippen LogP contribution is -2.19. The fourth-order valence-electron chi connectivity index (χ4n) is 3.26. The van der Waals surface area contributed by atoms with Gasteiger partial charge in [0.15, 0.2) is 5.69 Å². The van der Waals surface area contributed by atoms with Crippen molar-refractivity contribution in [1.29, 1.82) is 5.26 Å². The number of nitrogens with zero attached hydrogens (tertiary/aromatic N) is 5. The van der Waals surface area contributed by atoms with E-state index in [1.807, 2.05) is 31.2 Å². The number of hydrogen-bond donors (Lipinski definition) is 2. The first-order valence-corrected chi connectivity index (χ1v) is 9.84. The topological polar surface area (TPSA) is 109 Å². The number of halogens is 1. The van der Waals surface area contributed by atoms with E-state index < -0.39 is 0 Å². The number of aromatic nitrogens is 4. The molecule has 4 rings (SSSR count). The number of fused-ring (bicyclic) bond motifs is 1. The van der Waals surface area contributed by atoms with Crippen LogP contribution in [0.25, 0.3) is 10.9 Å². The van der Waals surface area contributed by atoms with Crippen LogP contribution in [-0.2, 0) is 7.05 Å². The molecule has 0 fully saturated rings. The summed E-state index contributed by atoms with van der Waals surface area (Å²) in [5.41, 5.74) is 2.76. The van der Waals surface area contributed by atoms with Gasteiger partial charge in [0.05, 0.1) is 17.2 Å². The summed E-state index contributed by atoms with van der Waals surface area (Å²) in [7, 11) is 1.73. The van der Waals surface area contributed by atoms with E-state index >= 15 is 0 Å². The molecule has 0 saturated heterocycles. The minimum absolute atomic E-state index is 0.132. The molecule has 1 aromatic carbocycles. The Morgan fingerprint density at radius 2 is 1.87 bits per heavy atom. The molecule has 3 heterocycles. The number of rotatable bonds is 5. The standard InChI is InChI=1S/C22H18ClN7O/c1-13(22-26-7-3-8-27-22)28-17-11-20(31)30(2)19-5-4-14(10-15(17)19)29-16-6-9-25-18(12-24)21(16)23/h3-11,13,28H,1-2H3,(H,25,29). The zero-order chi connectivity index (χ0) is 22.0. The molecule has 31 heavy (non-hydrogen) atoms. The zero-order valence-electron chi connectivity index (χ0n) is 16.8. The third kappa shape index (κ3) is 4.04. The lowest BCUT2D eigenvalue weighted by Gasteiger charge is -2.18. The first-order valence-electron chi connectivity index (χ1n) is 9.47. The van der Waals surface area contributed by atoms with Gasteiger partial charge in [-0.15, -0.1) is 0 Å². The van der Waals surface area contributed by atoms with Crippen molar-refractivity contribution in [3.8, 4) is 6.07 Å². The summed E-state index contributed by atoms with van der Waals surface area (Å²) in [6.45, 7) is 1.93. The summed E-state index contributed by atoms with van der Waals surface area (Å²) >= 11 is 6.27. The van der Waals surface area contributed by atoms with E-state index in [2.05, 4.69) is 25.6 Å². The molecule has 4 aromatic rings. The van der Waals surface area contributed by atoms with Gasteiger partial charge in [-0.25, -0.2) is 15.0 Å². The maximum atomic E-state index is 12.5. The third-order valence-corrected chi connectivity index (χ3v) is 5.25. The van der Waals surface area contributed by atoms with E-state index in [4.69, 9.17) is 16.9 Å². The Balaban J connectivity index is 1.76. The summed E-state index contributed by atoms with van der Waals surface area (Å²) in [5, 5.41) is 16.8. The van der Waals surface area contributed by atoms with Crippen molar-refractivity contribution in [3.63, 3.8) is 0 Å². The highest BCUT2D eigenvalue weighted by Crippen LogP contribution is 2.31. The van der Waals surface area contributed by atoms with Crippen LogP contribution in [0.3, 0.4) is 0 Å². The van der Waals surface area contributed by atoms with Crippen molar-refractivity contribution in [2.24, 2.45) is 7.05 Å². The molecule has 0 radical (unpaired) electrons. The van der Waals surface area contributed by atoms with Crippen LogP contribution < -0.4 is 16.2 Å². The van der Waals surface area contributed by atoms with E-state index in [1.165, 1.54) is 6.20 Å². The summed E-state index contributed by atoms with van der Waals surface area (Å²) < 4.78 is 1.58. The number of benzene rings is 1. The van der Waals surface area contributed by atoms with Crippen LogP contribution in [0, 0.1) is 11.3 Å². The van der Waals surface area contributed by atoms with Gasteiger partial charge in [0.25, 0.3) is 5.56 Å². The second-order valence-corrected chi connectivity index (χ2v) is 7.30. The molecule has 0 spiro atoms. The summed E-state index contributed by atoms with van der Waals surface area (Å²) in [5.74, 6) is 0.623. The predicted molar refractivity (Wildman–Crippen MR) is 121 cm³/mol. The number of nitriles is 1. The Kier molecular flexibility index (Phi) is 5.52. The van der Waals surface area contributed by atoms with Crippen molar-refractivity contribution in [3.05, 3.63) is 81.9 Å². The first-order chi connectivity index (χ1) is 15.0. The van der Waals surface area contributed by atoms with Crippen LogP contribution in [0.4, 0.5) is 17.1 Å². The van der Waals surface area contributed by atoms with Crippen molar-refractivity contribution in [1.82, 2.24) is 19.5 Å². The minimum Gasteiger partial charge on any atom is -0.375 e. The molecule has 0 aliphatic rings. The largest absolute Gasteiger partial charge is 0.375 e. The van der Waals surface area contributed by atoms with Crippen LogP contribution in [0.2, 0.25) is 5.02 Å².